The number of carbonyl (C=O) groups excluding carboxylic acids is 1. The number of benzene rings is 1. The molecule has 1 aliphatic rings. The van der Waals surface area contributed by atoms with Crippen LogP contribution in [0.1, 0.15) is 56.1 Å². The van der Waals surface area contributed by atoms with Crippen LogP contribution in [-0.2, 0) is 4.74 Å². The molecular weight excluding hydrogens is 352 g/mol. The van der Waals surface area contributed by atoms with Crippen LogP contribution in [0.3, 0.4) is 0 Å². The predicted molar refractivity (Wildman–Crippen MR) is 108 cm³/mol. The summed E-state index contributed by atoms with van der Waals surface area (Å²) in [5.74, 6) is 1.71. The van der Waals surface area contributed by atoms with Gasteiger partial charge in [0.2, 0.25) is 0 Å². The molecule has 0 radical (unpaired) electrons. The highest BCUT2D eigenvalue weighted by molar-refractivity contribution is 5.89. The first-order chi connectivity index (χ1) is 13.3. The molecule has 0 spiro atoms. The molecule has 2 atom stereocenters. The number of ether oxygens (including phenoxy) is 1. The van der Waals surface area contributed by atoms with E-state index < -0.39 is 11.7 Å². The number of aryl methyl sites for hydroxylation is 1. The quantitative estimate of drug-likeness (QED) is 0.700. The molecule has 3 aromatic rings. The molecule has 0 aliphatic heterocycles. The van der Waals surface area contributed by atoms with Gasteiger partial charge in [0.05, 0.1) is 17.4 Å². The van der Waals surface area contributed by atoms with E-state index in [1.807, 2.05) is 52.1 Å². The van der Waals surface area contributed by atoms with Crippen molar-refractivity contribution in [3.63, 3.8) is 0 Å². The van der Waals surface area contributed by atoms with Crippen LogP contribution >= 0.6 is 0 Å². The lowest BCUT2D eigenvalue weighted by Gasteiger charge is -2.19. The zero-order chi connectivity index (χ0) is 19.9. The van der Waals surface area contributed by atoms with Crippen molar-refractivity contribution in [3.05, 3.63) is 59.8 Å². The van der Waals surface area contributed by atoms with Gasteiger partial charge in [-0.3, -0.25) is 10.3 Å². The van der Waals surface area contributed by atoms with Crippen LogP contribution in [0.25, 0.3) is 10.9 Å². The van der Waals surface area contributed by atoms with Crippen LogP contribution in [0.5, 0.6) is 0 Å². The zero-order valence-corrected chi connectivity index (χ0v) is 16.6. The number of aromatic nitrogens is 3. The smallest absolute Gasteiger partial charge is 0.412 e. The summed E-state index contributed by atoms with van der Waals surface area (Å²) in [6.45, 7) is 7.49. The molecule has 28 heavy (non-hydrogen) atoms. The number of carbonyl (C=O) groups is 1. The first kappa shape index (κ1) is 18.3. The third-order valence-electron chi connectivity index (χ3n) is 4.71. The normalized spacial score (nSPS) is 18.7. The van der Waals surface area contributed by atoms with Crippen LogP contribution < -0.4 is 5.32 Å². The van der Waals surface area contributed by atoms with E-state index in [-0.39, 0.29) is 0 Å². The molecule has 1 amide bonds. The van der Waals surface area contributed by atoms with E-state index in [2.05, 4.69) is 32.4 Å². The van der Waals surface area contributed by atoms with Crippen molar-refractivity contribution < 1.29 is 9.53 Å². The largest absolute Gasteiger partial charge is 0.444 e. The first-order valence-electron chi connectivity index (χ1n) is 9.48. The van der Waals surface area contributed by atoms with Crippen LogP contribution in [0.4, 0.5) is 10.5 Å². The van der Waals surface area contributed by atoms with Crippen LogP contribution in [0, 0.1) is 6.92 Å². The molecule has 2 heterocycles. The van der Waals surface area contributed by atoms with E-state index in [1.54, 1.807) is 6.20 Å². The van der Waals surface area contributed by atoms with Gasteiger partial charge in [-0.1, -0.05) is 6.07 Å². The Morgan fingerprint density at radius 1 is 1.14 bits per heavy atom. The van der Waals surface area contributed by atoms with Gasteiger partial charge in [0.1, 0.15) is 11.4 Å². The molecule has 144 valence electrons. The molecule has 1 fully saturated rings. The van der Waals surface area contributed by atoms with Gasteiger partial charge in [0, 0.05) is 23.2 Å². The first-order valence-corrected chi connectivity index (χ1v) is 9.48. The molecule has 1 N–H and O–H groups in total. The number of anilines is 1. The van der Waals surface area contributed by atoms with Crippen molar-refractivity contribution in [1.82, 2.24) is 15.0 Å². The van der Waals surface area contributed by atoms with E-state index in [9.17, 15) is 4.79 Å². The fourth-order valence-corrected chi connectivity index (χ4v) is 3.37. The second kappa shape index (κ2) is 6.86. The highest BCUT2D eigenvalue weighted by atomic mass is 16.6. The average Bonchev–Trinajstić information content (AvgIpc) is 3.40. The lowest BCUT2D eigenvalue weighted by Crippen LogP contribution is -2.27. The Bertz CT molecular complexity index is 1040. The summed E-state index contributed by atoms with van der Waals surface area (Å²) in [6, 6.07) is 10.1. The van der Waals surface area contributed by atoms with E-state index in [1.165, 1.54) is 5.56 Å². The Morgan fingerprint density at radius 2 is 1.96 bits per heavy atom. The van der Waals surface area contributed by atoms with E-state index >= 15 is 0 Å². The molecule has 1 saturated carbocycles. The van der Waals surface area contributed by atoms with Crippen molar-refractivity contribution in [3.8, 4) is 0 Å². The summed E-state index contributed by atoms with van der Waals surface area (Å²) in [7, 11) is 0. The van der Waals surface area contributed by atoms with Crippen LogP contribution in [0.2, 0.25) is 0 Å². The monoisotopic (exact) mass is 376 g/mol. The number of amides is 1. The van der Waals surface area contributed by atoms with Gasteiger partial charge >= 0.3 is 6.09 Å². The van der Waals surface area contributed by atoms with Gasteiger partial charge in [-0.05, 0) is 69.9 Å². The van der Waals surface area contributed by atoms with Crippen LogP contribution in [-0.4, -0.2) is 26.6 Å². The highest BCUT2D eigenvalue weighted by Crippen LogP contribution is 2.53. The Kier molecular flexibility index (Phi) is 4.49. The van der Waals surface area contributed by atoms with Gasteiger partial charge in [-0.2, -0.15) is 0 Å². The summed E-state index contributed by atoms with van der Waals surface area (Å²) in [5.41, 5.74) is 3.21. The standard InChI is InChI=1S/C22H24N4O2/c1-13-7-8-23-20(25-13)18-11-17(18)14-5-6-19-15(9-14)10-16(12-24-19)26-21(27)28-22(2,3)4/h5-10,12,17-18H,11H2,1-4H3,(H,26,27)/t17-,18+/m1/s1. The molecule has 6 heteroatoms. The molecule has 1 aromatic carbocycles. The van der Waals surface area contributed by atoms with Gasteiger partial charge in [-0.15, -0.1) is 0 Å². The number of nitrogens with one attached hydrogen (secondary N) is 1. The number of fused-ring (bicyclic) bond motifs is 1. The minimum absolute atomic E-state index is 0.369. The molecule has 6 nitrogen and oxygen atoms in total. The van der Waals surface area contributed by atoms with E-state index in [0.29, 0.717) is 17.5 Å². The maximum atomic E-state index is 12.0. The summed E-state index contributed by atoms with van der Waals surface area (Å²) in [6.07, 6.45) is 4.04. The van der Waals surface area contributed by atoms with Crippen molar-refractivity contribution in [2.24, 2.45) is 0 Å². The number of pyridine rings is 1. The van der Waals surface area contributed by atoms with Crippen LogP contribution in [0.15, 0.2) is 42.7 Å². The lowest BCUT2D eigenvalue weighted by molar-refractivity contribution is 0.0636. The van der Waals surface area contributed by atoms with Gasteiger partial charge in [0.15, 0.2) is 0 Å². The Morgan fingerprint density at radius 3 is 2.71 bits per heavy atom. The fourth-order valence-electron chi connectivity index (χ4n) is 3.37. The summed E-state index contributed by atoms with van der Waals surface area (Å²) in [5, 5.41) is 3.74. The third-order valence-corrected chi connectivity index (χ3v) is 4.71. The zero-order valence-electron chi connectivity index (χ0n) is 16.6. The molecular formula is C22H24N4O2. The molecule has 0 unspecified atom stereocenters. The maximum Gasteiger partial charge on any atom is 0.412 e. The van der Waals surface area contributed by atoms with E-state index in [0.717, 1.165) is 28.8 Å². The second-order valence-electron chi connectivity index (χ2n) is 8.31. The summed E-state index contributed by atoms with van der Waals surface area (Å²) >= 11 is 0. The van der Waals surface area contributed by atoms with Gasteiger partial charge in [-0.25, -0.2) is 14.8 Å². The van der Waals surface area contributed by atoms with E-state index in [4.69, 9.17) is 4.74 Å². The highest BCUT2D eigenvalue weighted by Gasteiger charge is 2.41. The molecule has 2 aromatic heterocycles. The molecule has 0 saturated heterocycles. The molecule has 1 aliphatic carbocycles. The fraction of sp³-hybridized carbons (Fsp3) is 0.364. The van der Waals surface area contributed by atoms with Gasteiger partial charge < -0.3 is 4.74 Å². The Balaban J connectivity index is 1.53. The minimum atomic E-state index is -0.541. The Labute approximate surface area is 164 Å². The second-order valence-corrected chi connectivity index (χ2v) is 8.31. The van der Waals surface area contributed by atoms with Gasteiger partial charge in [0.25, 0.3) is 0 Å². The summed E-state index contributed by atoms with van der Waals surface area (Å²) in [4.78, 5) is 25.4. The SMILES string of the molecule is Cc1ccnc([C@H]2C[C@@H]2c2ccc3ncc(NC(=O)OC(C)(C)C)cc3c2)n1. The number of rotatable bonds is 3. The number of hydrogen-bond acceptors (Lipinski definition) is 5. The van der Waals surface area contributed by atoms with Crippen molar-refractivity contribution in [2.75, 3.05) is 5.32 Å². The topological polar surface area (TPSA) is 77.0 Å². The summed E-state index contributed by atoms with van der Waals surface area (Å²) < 4.78 is 5.31. The van der Waals surface area contributed by atoms with Crippen molar-refractivity contribution in [1.29, 1.82) is 0 Å². The Hall–Kier alpha value is -3.02. The predicted octanol–water partition coefficient (Wildman–Crippen LogP) is 4.95. The average molecular weight is 376 g/mol. The van der Waals surface area contributed by atoms with Crippen molar-refractivity contribution in [2.45, 2.75) is 51.6 Å². The third kappa shape index (κ3) is 4.11. The van der Waals surface area contributed by atoms with Crippen molar-refractivity contribution >= 4 is 22.7 Å². The lowest BCUT2D eigenvalue weighted by atomic mass is 10.1. The number of hydrogen-bond donors (Lipinski definition) is 1. The minimum Gasteiger partial charge on any atom is -0.444 e. The number of nitrogens with zero attached hydrogens (tertiary/aromatic N) is 3. The maximum absolute atomic E-state index is 12.0. The molecule has 4 rings (SSSR count). The molecule has 0 bridgehead atoms.